The largest absolute Gasteiger partial charge is 0.324 e. The Morgan fingerprint density at radius 1 is 1.18 bits per heavy atom. The molecule has 1 aromatic carbocycles. The molecule has 2 aromatic rings. The van der Waals surface area contributed by atoms with Gasteiger partial charge in [-0.3, -0.25) is 9.97 Å². The van der Waals surface area contributed by atoms with Crippen LogP contribution in [0.2, 0.25) is 0 Å². The van der Waals surface area contributed by atoms with Gasteiger partial charge in [0.15, 0.2) is 0 Å². The Balaban J connectivity index is 2.23. The van der Waals surface area contributed by atoms with Crippen LogP contribution in [0.15, 0.2) is 30.6 Å². The Hall–Kier alpha value is -1.48. The Morgan fingerprint density at radius 2 is 1.88 bits per heavy atom. The average Bonchev–Trinajstić information content (AvgIpc) is 2.38. The summed E-state index contributed by atoms with van der Waals surface area (Å²) in [6, 6.07) is 6.20. The second-order valence-electron chi connectivity index (χ2n) is 4.66. The van der Waals surface area contributed by atoms with E-state index in [0.717, 1.165) is 23.0 Å². The van der Waals surface area contributed by atoms with E-state index in [1.807, 2.05) is 6.07 Å². The number of benzene rings is 1. The molecule has 1 aromatic heterocycles. The van der Waals surface area contributed by atoms with Gasteiger partial charge in [0.25, 0.3) is 0 Å². The fourth-order valence-corrected chi connectivity index (χ4v) is 1.95. The van der Waals surface area contributed by atoms with E-state index < -0.39 is 0 Å². The van der Waals surface area contributed by atoms with Crippen molar-refractivity contribution in [1.29, 1.82) is 0 Å². The van der Waals surface area contributed by atoms with E-state index in [9.17, 15) is 0 Å². The second-order valence-corrected chi connectivity index (χ2v) is 4.66. The second kappa shape index (κ2) is 5.23. The van der Waals surface area contributed by atoms with Crippen LogP contribution < -0.4 is 5.73 Å². The minimum absolute atomic E-state index is 0.0938. The lowest BCUT2D eigenvalue weighted by Gasteiger charge is -2.16. The Bertz CT molecular complexity index is 496. The van der Waals surface area contributed by atoms with E-state index in [0.29, 0.717) is 5.92 Å². The average molecular weight is 229 g/mol. The lowest BCUT2D eigenvalue weighted by molar-refractivity contribution is 0.461. The number of nitrogens with two attached hydrogens (primary N) is 1. The first-order valence-electron chi connectivity index (χ1n) is 6.17. The molecule has 0 aliphatic carbocycles. The molecule has 0 spiro atoms. The van der Waals surface area contributed by atoms with Crippen molar-refractivity contribution in [2.45, 2.75) is 32.7 Å². The Kier molecular flexibility index (Phi) is 3.69. The van der Waals surface area contributed by atoms with E-state index in [2.05, 4.69) is 35.9 Å². The summed E-state index contributed by atoms with van der Waals surface area (Å²) < 4.78 is 0. The van der Waals surface area contributed by atoms with Crippen LogP contribution in [0, 0.1) is 5.92 Å². The molecule has 1 heterocycles. The van der Waals surface area contributed by atoms with Crippen molar-refractivity contribution in [2.24, 2.45) is 11.7 Å². The molecular weight excluding hydrogens is 210 g/mol. The van der Waals surface area contributed by atoms with Gasteiger partial charge in [-0.15, -0.1) is 0 Å². The summed E-state index contributed by atoms with van der Waals surface area (Å²) in [5, 5.41) is 0. The molecule has 0 aliphatic heterocycles. The molecule has 0 saturated carbocycles. The molecular formula is C14H19N3. The summed E-state index contributed by atoms with van der Waals surface area (Å²) in [4.78, 5) is 8.56. The molecule has 2 rings (SSSR count). The fourth-order valence-electron chi connectivity index (χ4n) is 1.95. The van der Waals surface area contributed by atoms with E-state index in [4.69, 9.17) is 5.73 Å². The molecule has 0 saturated heterocycles. The molecule has 3 heteroatoms. The van der Waals surface area contributed by atoms with Crippen LogP contribution in [0.4, 0.5) is 0 Å². The van der Waals surface area contributed by atoms with Crippen LogP contribution >= 0.6 is 0 Å². The predicted octanol–water partition coefficient (Wildman–Crippen LogP) is 3.07. The quantitative estimate of drug-likeness (QED) is 0.876. The van der Waals surface area contributed by atoms with Gasteiger partial charge in [0, 0.05) is 18.4 Å². The molecule has 0 bridgehead atoms. The highest BCUT2D eigenvalue weighted by molar-refractivity contribution is 5.74. The van der Waals surface area contributed by atoms with Crippen molar-refractivity contribution >= 4 is 11.0 Å². The normalized spacial score (nSPS) is 14.8. The number of nitrogens with zero attached hydrogens (tertiary/aromatic N) is 2. The molecule has 2 unspecified atom stereocenters. The van der Waals surface area contributed by atoms with Crippen LogP contribution in [-0.4, -0.2) is 9.97 Å². The molecule has 2 atom stereocenters. The first kappa shape index (κ1) is 12.0. The molecule has 0 amide bonds. The van der Waals surface area contributed by atoms with Gasteiger partial charge in [0.05, 0.1) is 11.0 Å². The van der Waals surface area contributed by atoms with Crippen molar-refractivity contribution < 1.29 is 0 Å². The molecule has 2 N–H and O–H groups in total. The van der Waals surface area contributed by atoms with Crippen LogP contribution in [0.5, 0.6) is 0 Å². The minimum Gasteiger partial charge on any atom is -0.324 e. The smallest absolute Gasteiger partial charge is 0.0890 e. The maximum absolute atomic E-state index is 6.21. The van der Waals surface area contributed by atoms with E-state index in [1.165, 1.54) is 6.42 Å². The van der Waals surface area contributed by atoms with Gasteiger partial charge >= 0.3 is 0 Å². The van der Waals surface area contributed by atoms with Crippen LogP contribution in [0.3, 0.4) is 0 Å². The van der Waals surface area contributed by atoms with Crippen molar-refractivity contribution in [3.05, 3.63) is 36.2 Å². The van der Waals surface area contributed by atoms with E-state index in [1.54, 1.807) is 12.4 Å². The van der Waals surface area contributed by atoms with Crippen molar-refractivity contribution in [2.75, 3.05) is 0 Å². The fraction of sp³-hybridized carbons (Fsp3) is 0.429. The summed E-state index contributed by atoms with van der Waals surface area (Å²) >= 11 is 0. The maximum atomic E-state index is 6.21. The number of fused-ring (bicyclic) bond motifs is 1. The first-order chi connectivity index (χ1) is 8.20. The van der Waals surface area contributed by atoms with Gasteiger partial charge in [-0.1, -0.05) is 26.3 Å². The minimum atomic E-state index is 0.0938. The Labute approximate surface area is 102 Å². The summed E-state index contributed by atoms with van der Waals surface area (Å²) in [6.07, 6.45) is 5.61. The number of hydrogen-bond acceptors (Lipinski definition) is 3. The zero-order chi connectivity index (χ0) is 12.3. The third-order valence-electron chi connectivity index (χ3n) is 3.27. The summed E-state index contributed by atoms with van der Waals surface area (Å²) in [6.45, 7) is 4.43. The van der Waals surface area contributed by atoms with Gasteiger partial charge in [-0.2, -0.15) is 0 Å². The highest BCUT2D eigenvalue weighted by atomic mass is 14.8. The molecule has 0 aliphatic rings. The number of rotatable bonds is 4. The summed E-state index contributed by atoms with van der Waals surface area (Å²) in [7, 11) is 0. The first-order valence-corrected chi connectivity index (χ1v) is 6.17. The maximum Gasteiger partial charge on any atom is 0.0890 e. The van der Waals surface area contributed by atoms with Gasteiger partial charge in [0.1, 0.15) is 0 Å². The topological polar surface area (TPSA) is 51.8 Å². The summed E-state index contributed by atoms with van der Waals surface area (Å²) in [5.74, 6) is 0.655. The van der Waals surface area contributed by atoms with Crippen LogP contribution in [-0.2, 0) is 0 Å². The molecule has 3 nitrogen and oxygen atoms in total. The van der Waals surface area contributed by atoms with Crippen molar-refractivity contribution in [3.63, 3.8) is 0 Å². The molecule has 0 radical (unpaired) electrons. The van der Waals surface area contributed by atoms with Crippen molar-refractivity contribution in [3.8, 4) is 0 Å². The van der Waals surface area contributed by atoms with Gasteiger partial charge in [0.2, 0.25) is 0 Å². The van der Waals surface area contributed by atoms with Crippen molar-refractivity contribution in [1.82, 2.24) is 9.97 Å². The van der Waals surface area contributed by atoms with Gasteiger partial charge in [-0.05, 0) is 30.0 Å². The molecule has 0 fully saturated rings. The number of hydrogen-bond donors (Lipinski definition) is 1. The zero-order valence-electron chi connectivity index (χ0n) is 10.4. The number of aromatic nitrogens is 2. The Morgan fingerprint density at radius 3 is 2.59 bits per heavy atom. The summed E-state index contributed by atoms with van der Waals surface area (Å²) in [5.41, 5.74) is 9.21. The van der Waals surface area contributed by atoms with Crippen LogP contribution in [0.25, 0.3) is 11.0 Å². The highest BCUT2D eigenvalue weighted by Crippen LogP contribution is 2.22. The van der Waals surface area contributed by atoms with E-state index in [-0.39, 0.29) is 6.04 Å². The lowest BCUT2D eigenvalue weighted by Crippen LogP contribution is -2.13. The third-order valence-corrected chi connectivity index (χ3v) is 3.27. The van der Waals surface area contributed by atoms with E-state index >= 15 is 0 Å². The lowest BCUT2D eigenvalue weighted by atomic mass is 9.95. The monoisotopic (exact) mass is 229 g/mol. The van der Waals surface area contributed by atoms with Crippen LogP contribution in [0.1, 0.15) is 38.3 Å². The SMILES string of the molecule is CCC(C)CC(N)c1ccc2nccnc2c1. The van der Waals surface area contributed by atoms with Gasteiger partial charge < -0.3 is 5.73 Å². The predicted molar refractivity (Wildman–Crippen MR) is 70.5 cm³/mol. The van der Waals surface area contributed by atoms with Gasteiger partial charge in [-0.25, -0.2) is 0 Å². The third kappa shape index (κ3) is 2.80. The highest BCUT2D eigenvalue weighted by Gasteiger charge is 2.10. The standard InChI is InChI=1S/C14H19N3/c1-3-10(2)8-12(15)11-4-5-13-14(9-11)17-7-6-16-13/h4-7,9-10,12H,3,8,15H2,1-2H3. The molecule has 17 heavy (non-hydrogen) atoms. The zero-order valence-corrected chi connectivity index (χ0v) is 10.4. The molecule has 90 valence electrons.